The summed E-state index contributed by atoms with van der Waals surface area (Å²) in [5.41, 5.74) is 2.39. The van der Waals surface area contributed by atoms with Gasteiger partial charge in [-0.1, -0.05) is 30.3 Å². The Labute approximate surface area is 175 Å². The maximum atomic E-state index is 12.7. The fraction of sp³-hybridized carbons (Fsp3) is 0.143. The first-order valence-corrected chi connectivity index (χ1v) is 10.9. The Kier molecular flexibility index (Phi) is 5.73. The van der Waals surface area contributed by atoms with Crippen molar-refractivity contribution in [2.75, 3.05) is 5.32 Å². The fourth-order valence-corrected chi connectivity index (χ4v) is 4.57. The van der Waals surface area contributed by atoms with Crippen LogP contribution in [0.5, 0.6) is 0 Å². The highest BCUT2D eigenvalue weighted by molar-refractivity contribution is 7.99. The number of rotatable bonds is 6. The monoisotopic (exact) mass is 422 g/mol. The second kappa shape index (κ2) is 8.59. The third-order valence-electron chi connectivity index (χ3n) is 4.35. The summed E-state index contributed by atoms with van der Waals surface area (Å²) in [5, 5.41) is 5.09. The summed E-state index contributed by atoms with van der Waals surface area (Å²) in [7, 11) is 0. The maximum absolute atomic E-state index is 12.7. The van der Waals surface area contributed by atoms with Gasteiger partial charge in [-0.2, -0.15) is 0 Å². The molecule has 0 radical (unpaired) electrons. The standard InChI is InChI=1S/C21H18N4O2S2/c1-13(19(26)23-15-8-5-9-22-10-15)28-12-17-24-20(27)18-16(11-29-21(18)25-17)14-6-3-2-4-7-14/h2-11,13H,12H2,1H3,(H,23,26)(H,24,25,27)/t13-/m1/s1. The molecule has 29 heavy (non-hydrogen) atoms. The number of nitrogens with zero attached hydrogens (tertiary/aromatic N) is 2. The van der Waals surface area contributed by atoms with Crippen molar-refractivity contribution in [2.45, 2.75) is 17.9 Å². The second-order valence-corrected chi connectivity index (χ2v) is 8.58. The molecule has 0 spiro atoms. The molecule has 0 aliphatic rings. The average Bonchev–Trinajstić information content (AvgIpc) is 3.18. The summed E-state index contributed by atoms with van der Waals surface area (Å²) in [5.74, 6) is 0.884. The normalized spacial score (nSPS) is 12.0. The maximum Gasteiger partial charge on any atom is 0.260 e. The molecule has 4 aromatic rings. The van der Waals surface area contributed by atoms with Crippen molar-refractivity contribution in [2.24, 2.45) is 0 Å². The van der Waals surface area contributed by atoms with Gasteiger partial charge in [-0.25, -0.2) is 4.98 Å². The van der Waals surface area contributed by atoms with Gasteiger partial charge in [-0.3, -0.25) is 14.6 Å². The molecular formula is C21H18N4O2S2. The van der Waals surface area contributed by atoms with E-state index in [4.69, 9.17) is 0 Å². The second-order valence-electron chi connectivity index (χ2n) is 6.39. The zero-order chi connectivity index (χ0) is 20.2. The van der Waals surface area contributed by atoms with E-state index in [1.807, 2.05) is 42.6 Å². The summed E-state index contributed by atoms with van der Waals surface area (Å²) in [6.45, 7) is 1.83. The smallest absolute Gasteiger partial charge is 0.260 e. The number of nitrogens with one attached hydrogen (secondary N) is 2. The number of hydrogen-bond donors (Lipinski definition) is 2. The largest absolute Gasteiger partial charge is 0.324 e. The Morgan fingerprint density at radius 1 is 1.24 bits per heavy atom. The van der Waals surface area contributed by atoms with Crippen LogP contribution < -0.4 is 10.9 Å². The molecule has 6 nitrogen and oxygen atoms in total. The number of pyridine rings is 1. The SMILES string of the molecule is C[C@@H](SCc1nc2scc(-c3ccccc3)c2c(=O)[nH]1)C(=O)Nc1cccnc1. The van der Waals surface area contributed by atoms with Gasteiger partial charge >= 0.3 is 0 Å². The zero-order valence-electron chi connectivity index (χ0n) is 15.6. The molecule has 0 unspecified atom stereocenters. The molecule has 4 rings (SSSR count). The van der Waals surface area contributed by atoms with Gasteiger partial charge in [0.15, 0.2) is 0 Å². The fourth-order valence-electron chi connectivity index (χ4n) is 2.85. The van der Waals surface area contributed by atoms with E-state index in [9.17, 15) is 9.59 Å². The van der Waals surface area contributed by atoms with Crippen LogP contribution >= 0.6 is 23.1 Å². The number of hydrogen-bond acceptors (Lipinski definition) is 6. The minimum Gasteiger partial charge on any atom is -0.324 e. The van der Waals surface area contributed by atoms with E-state index in [1.165, 1.54) is 23.1 Å². The Morgan fingerprint density at radius 3 is 2.83 bits per heavy atom. The van der Waals surface area contributed by atoms with Crippen LogP contribution in [-0.4, -0.2) is 26.1 Å². The van der Waals surface area contributed by atoms with Gasteiger partial charge in [0.05, 0.1) is 28.3 Å². The Morgan fingerprint density at radius 2 is 2.07 bits per heavy atom. The van der Waals surface area contributed by atoms with E-state index < -0.39 is 0 Å². The molecule has 1 aromatic carbocycles. The number of H-pyrrole nitrogens is 1. The van der Waals surface area contributed by atoms with Crippen molar-refractivity contribution in [3.8, 4) is 11.1 Å². The van der Waals surface area contributed by atoms with E-state index in [0.717, 1.165) is 11.1 Å². The van der Waals surface area contributed by atoms with Gasteiger partial charge in [0.1, 0.15) is 10.7 Å². The number of thioether (sulfide) groups is 1. The van der Waals surface area contributed by atoms with Crippen LogP contribution in [0.3, 0.4) is 0 Å². The van der Waals surface area contributed by atoms with Gasteiger partial charge in [0.2, 0.25) is 5.91 Å². The lowest BCUT2D eigenvalue weighted by Gasteiger charge is -2.11. The summed E-state index contributed by atoms with van der Waals surface area (Å²) in [6, 6.07) is 13.4. The molecule has 0 bridgehead atoms. The lowest BCUT2D eigenvalue weighted by Crippen LogP contribution is -2.23. The van der Waals surface area contributed by atoms with Crippen LogP contribution in [0.25, 0.3) is 21.3 Å². The first kappa shape index (κ1) is 19.4. The topological polar surface area (TPSA) is 87.7 Å². The Balaban J connectivity index is 1.48. The summed E-state index contributed by atoms with van der Waals surface area (Å²) in [4.78, 5) is 37.2. The minimum atomic E-state index is -0.306. The molecule has 3 aromatic heterocycles. The van der Waals surface area contributed by atoms with E-state index in [2.05, 4.69) is 20.3 Å². The van der Waals surface area contributed by atoms with Crippen LogP contribution in [0.2, 0.25) is 0 Å². The number of benzene rings is 1. The van der Waals surface area contributed by atoms with Crippen molar-refractivity contribution in [1.29, 1.82) is 0 Å². The Hall–Kier alpha value is -2.97. The molecule has 3 heterocycles. The quantitative estimate of drug-likeness (QED) is 0.483. The molecule has 146 valence electrons. The molecule has 8 heteroatoms. The first-order valence-electron chi connectivity index (χ1n) is 9.00. The van der Waals surface area contributed by atoms with Crippen LogP contribution in [0.1, 0.15) is 12.7 Å². The van der Waals surface area contributed by atoms with E-state index in [-0.39, 0.29) is 16.7 Å². The molecule has 0 fully saturated rings. The average molecular weight is 423 g/mol. The lowest BCUT2D eigenvalue weighted by atomic mass is 10.1. The molecule has 0 aliphatic heterocycles. The van der Waals surface area contributed by atoms with Crippen molar-refractivity contribution < 1.29 is 4.79 Å². The summed E-state index contributed by atoms with van der Waals surface area (Å²) < 4.78 is 0. The van der Waals surface area contributed by atoms with Gasteiger partial charge in [0, 0.05) is 17.1 Å². The van der Waals surface area contributed by atoms with E-state index in [1.54, 1.807) is 24.5 Å². The molecule has 0 saturated carbocycles. The predicted molar refractivity (Wildman–Crippen MR) is 119 cm³/mol. The molecule has 0 saturated heterocycles. The van der Waals surface area contributed by atoms with Crippen LogP contribution in [0.4, 0.5) is 5.69 Å². The zero-order valence-corrected chi connectivity index (χ0v) is 17.2. The number of aromatic amines is 1. The highest BCUT2D eigenvalue weighted by Gasteiger charge is 2.16. The van der Waals surface area contributed by atoms with E-state index >= 15 is 0 Å². The van der Waals surface area contributed by atoms with Crippen molar-refractivity contribution in [3.05, 3.63) is 76.4 Å². The molecule has 2 N–H and O–H groups in total. The van der Waals surface area contributed by atoms with Gasteiger partial charge in [0.25, 0.3) is 5.56 Å². The highest BCUT2D eigenvalue weighted by atomic mass is 32.2. The third kappa shape index (κ3) is 4.38. The van der Waals surface area contributed by atoms with Crippen molar-refractivity contribution in [3.63, 3.8) is 0 Å². The van der Waals surface area contributed by atoms with Gasteiger partial charge in [-0.15, -0.1) is 23.1 Å². The molecular weight excluding hydrogens is 404 g/mol. The van der Waals surface area contributed by atoms with Crippen LogP contribution in [-0.2, 0) is 10.5 Å². The number of carbonyl (C=O) groups is 1. The molecule has 0 aliphatic carbocycles. The number of aromatic nitrogens is 3. The summed E-state index contributed by atoms with van der Waals surface area (Å²) >= 11 is 2.87. The number of fused-ring (bicyclic) bond motifs is 1. The molecule has 1 amide bonds. The van der Waals surface area contributed by atoms with Gasteiger partial charge < -0.3 is 10.3 Å². The first-order chi connectivity index (χ1) is 14.1. The molecule has 1 atom stereocenters. The Bertz CT molecular complexity index is 1190. The van der Waals surface area contributed by atoms with Crippen molar-refractivity contribution in [1.82, 2.24) is 15.0 Å². The predicted octanol–water partition coefficient (Wildman–Crippen LogP) is 4.31. The number of carbonyl (C=O) groups excluding carboxylic acids is 1. The van der Waals surface area contributed by atoms with Crippen LogP contribution in [0, 0.1) is 0 Å². The van der Waals surface area contributed by atoms with Gasteiger partial charge in [-0.05, 0) is 24.6 Å². The number of thiophene rings is 1. The lowest BCUT2D eigenvalue weighted by molar-refractivity contribution is -0.115. The third-order valence-corrected chi connectivity index (χ3v) is 6.37. The highest BCUT2D eigenvalue weighted by Crippen LogP contribution is 2.30. The van der Waals surface area contributed by atoms with E-state index in [0.29, 0.717) is 27.5 Å². The van der Waals surface area contributed by atoms with Crippen molar-refractivity contribution >= 4 is 44.9 Å². The number of anilines is 1. The minimum absolute atomic E-state index is 0.117. The number of amides is 1. The summed E-state index contributed by atoms with van der Waals surface area (Å²) in [6.07, 6.45) is 3.25. The van der Waals surface area contributed by atoms with Crippen LogP contribution in [0.15, 0.2) is 65.0 Å².